The molecule has 106 valence electrons. The van der Waals surface area contributed by atoms with Crippen molar-refractivity contribution in [2.75, 3.05) is 13.1 Å². The summed E-state index contributed by atoms with van der Waals surface area (Å²) in [5.74, 6) is -0.692. The van der Waals surface area contributed by atoms with Crippen molar-refractivity contribution in [2.24, 2.45) is 12.8 Å². The van der Waals surface area contributed by atoms with Gasteiger partial charge in [-0.3, -0.25) is 9.59 Å². The molecule has 0 aromatic carbocycles. The number of nitrogens with one attached hydrogen (secondary N) is 2. The molecule has 1 fully saturated rings. The first-order valence-electron chi connectivity index (χ1n) is 6.05. The predicted molar refractivity (Wildman–Crippen MR) is 74.5 cm³/mol. The van der Waals surface area contributed by atoms with Gasteiger partial charge in [-0.1, -0.05) is 0 Å². The molecule has 1 aliphatic heterocycles. The van der Waals surface area contributed by atoms with Gasteiger partial charge in [0.25, 0.3) is 5.91 Å². The molecule has 1 unspecified atom stereocenters. The molecule has 1 aromatic heterocycles. The Hall–Kier alpha value is -1.53. The molecule has 0 saturated carbocycles. The van der Waals surface area contributed by atoms with Crippen molar-refractivity contribution in [3.05, 3.63) is 23.5 Å². The second-order valence-electron chi connectivity index (χ2n) is 4.61. The topological polar surface area (TPSA) is 89.2 Å². The van der Waals surface area contributed by atoms with Gasteiger partial charge in [0.2, 0.25) is 5.91 Å². The molecular formula is C12H19ClN4O2. The maximum absolute atomic E-state index is 12.1. The summed E-state index contributed by atoms with van der Waals surface area (Å²) in [6.45, 7) is 1.79. The Morgan fingerprint density at radius 1 is 1.53 bits per heavy atom. The highest BCUT2D eigenvalue weighted by molar-refractivity contribution is 5.98. The normalized spacial score (nSPS) is 18.5. The van der Waals surface area contributed by atoms with Crippen LogP contribution < -0.4 is 16.4 Å². The van der Waals surface area contributed by atoms with E-state index >= 15 is 0 Å². The minimum Gasteiger partial charge on any atom is -0.366 e. The van der Waals surface area contributed by atoms with Crippen LogP contribution in [0.2, 0.25) is 0 Å². The van der Waals surface area contributed by atoms with Crippen LogP contribution in [0, 0.1) is 0 Å². The lowest BCUT2D eigenvalue weighted by Crippen LogP contribution is -2.45. The van der Waals surface area contributed by atoms with Crippen molar-refractivity contribution in [3.63, 3.8) is 0 Å². The summed E-state index contributed by atoms with van der Waals surface area (Å²) in [5.41, 5.74) is 5.99. The van der Waals surface area contributed by atoms with E-state index in [-0.39, 0.29) is 24.4 Å². The molecule has 19 heavy (non-hydrogen) atoms. The van der Waals surface area contributed by atoms with Crippen LogP contribution in [0.1, 0.15) is 33.7 Å². The molecule has 2 rings (SSSR count). The number of halogens is 1. The lowest BCUT2D eigenvalue weighted by Gasteiger charge is -2.23. The number of carbonyl (C=O) groups is 2. The first-order chi connectivity index (χ1) is 8.58. The van der Waals surface area contributed by atoms with Gasteiger partial charge in [-0.15, -0.1) is 12.4 Å². The number of carbonyl (C=O) groups excluding carboxylic acids is 2. The Balaban J connectivity index is 0.00000180. The van der Waals surface area contributed by atoms with Gasteiger partial charge in [0.05, 0.1) is 5.56 Å². The second-order valence-corrected chi connectivity index (χ2v) is 4.61. The third-order valence-corrected chi connectivity index (χ3v) is 3.15. The van der Waals surface area contributed by atoms with Crippen molar-refractivity contribution < 1.29 is 9.59 Å². The minimum atomic E-state index is -0.524. The van der Waals surface area contributed by atoms with Crippen molar-refractivity contribution in [3.8, 4) is 0 Å². The molecule has 2 heterocycles. The van der Waals surface area contributed by atoms with E-state index in [9.17, 15) is 9.59 Å². The van der Waals surface area contributed by atoms with E-state index in [2.05, 4.69) is 10.6 Å². The van der Waals surface area contributed by atoms with Crippen molar-refractivity contribution in [1.29, 1.82) is 0 Å². The standard InChI is InChI=1S/C12H18N4O2.ClH/c1-16-7-8(11(13)17)5-10(16)12(18)15-9-3-2-4-14-6-9;/h5,7,9,14H,2-4,6H2,1H3,(H2,13,17)(H,15,18);1H. The molecule has 7 heteroatoms. The van der Waals surface area contributed by atoms with Gasteiger partial charge in [-0.25, -0.2) is 0 Å². The first-order valence-corrected chi connectivity index (χ1v) is 6.05. The molecule has 1 aliphatic rings. The summed E-state index contributed by atoms with van der Waals surface area (Å²) in [7, 11) is 1.72. The van der Waals surface area contributed by atoms with E-state index < -0.39 is 5.91 Å². The van der Waals surface area contributed by atoms with Crippen LogP contribution in [-0.2, 0) is 7.05 Å². The third-order valence-electron chi connectivity index (χ3n) is 3.15. The number of hydrogen-bond donors (Lipinski definition) is 3. The van der Waals surface area contributed by atoms with E-state index in [1.165, 1.54) is 6.07 Å². The van der Waals surface area contributed by atoms with Crippen LogP contribution in [0.25, 0.3) is 0 Å². The van der Waals surface area contributed by atoms with E-state index in [4.69, 9.17) is 5.73 Å². The van der Waals surface area contributed by atoms with Crippen LogP contribution in [0.15, 0.2) is 12.3 Å². The van der Waals surface area contributed by atoms with E-state index in [1.807, 2.05) is 0 Å². The molecule has 0 radical (unpaired) electrons. The van der Waals surface area contributed by atoms with Gasteiger partial charge in [0, 0.05) is 25.8 Å². The van der Waals surface area contributed by atoms with Crippen molar-refractivity contribution in [1.82, 2.24) is 15.2 Å². The Morgan fingerprint density at radius 2 is 2.26 bits per heavy atom. The van der Waals surface area contributed by atoms with Gasteiger partial charge in [0.1, 0.15) is 5.69 Å². The van der Waals surface area contributed by atoms with Crippen LogP contribution in [0.3, 0.4) is 0 Å². The zero-order valence-electron chi connectivity index (χ0n) is 10.8. The monoisotopic (exact) mass is 286 g/mol. The summed E-state index contributed by atoms with van der Waals surface area (Å²) < 4.78 is 1.62. The molecule has 6 nitrogen and oxygen atoms in total. The summed E-state index contributed by atoms with van der Waals surface area (Å²) in [5, 5.41) is 6.19. The number of piperidine rings is 1. The molecule has 1 saturated heterocycles. The zero-order chi connectivity index (χ0) is 13.1. The maximum Gasteiger partial charge on any atom is 0.268 e. The number of nitrogens with zero attached hydrogens (tertiary/aromatic N) is 1. The highest BCUT2D eigenvalue weighted by Gasteiger charge is 2.19. The maximum atomic E-state index is 12.1. The van der Waals surface area contributed by atoms with E-state index in [1.54, 1.807) is 17.8 Å². The van der Waals surface area contributed by atoms with E-state index in [0.717, 1.165) is 25.9 Å². The van der Waals surface area contributed by atoms with Crippen LogP contribution >= 0.6 is 12.4 Å². The Labute approximate surface area is 118 Å². The van der Waals surface area contributed by atoms with Crippen LogP contribution in [0.4, 0.5) is 0 Å². The first kappa shape index (κ1) is 15.5. The molecule has 0 bridgehead atoms. The number of rotatable bonds is 3. The number of amides is 2. The quantitative estimate of drug-likeness (QED) is 0.732. The van der Waals surface area contributed by atoms with Crippen LogP contribution in [0.5, 0.6) is 0 Å². The minimum absolute atomic E-state index is 0. The molecule has 4 N–H and O–H groups in total. The highest BCUT2D eigenvalue weighted by Crippen LogP contribution is 2.08. The second kappa shape index (κ2) is 6.58. The molecule has 0 spiro atoms. The van der Waals surface area contributed by atoms with E-state index in [0.29, 0.717) is 11.3 Å². The molecule has 1 aromatic rings. The zero-order valence-corrected chi connectivity index (χ0v) is 11.6. The molecular weight excluding hydrogens is 268 g/mol. The Morgan fingerprint density at radius 3 is 2.79 bits per heavy atom. The number of primary amides is 1. The SMILES string of the molecule is Cl.Cn1cc(C(N)=O)cc1C(=O)NC1CCCNC1. The fourth-order valence-electron chi connectivity index (χ4n) is 2.16. The van der Waals surface area contributed by atoms with Gasteiger partial charge in [-0.2, -0.15) is 0 Å². The summed E-state index contributed by atoms with van der Waals surface area (Å²) in [4.78, 5) is 23.1. The number of aromatic nitrogens is 1. The third kappa shape index (κ3) is 3.71. The summed E-state index contributed by atoms with van der Waals surface area (Å²) in [6.07, 6.45) is 3.60. The average Bonchev–Trinajstić information content (AvgIpc) is 2.73. The number of nitrogens with two attached hydrogens (primary N) is 1. The smallest absolute Gasteiger partial charge is 0.268 e. The fraction of sp³-hybridized carbons (Fsp3) is 0.500. The van der Waals surface area contributed by atoms with Gasteiger partial charge in [-0.05, 0) is 25.5 Å². The number of aryl methyl sites for hydroxylation is 1. The number of hydrogen-bond acceptors (Lipinski definition) is 3. The molecule has 2 amide bonds. The average molecular weight is 287 g/mol. The highest BCUT2D eigenvalue weighted by atomic mass is 35.5. The lowest BCUT2D eigenvalue weighted by molar-refractivity contribution is 0.0922. The van der Waals surface area contributed by atoms with Crippen molar-refractivity contribution >= 4 is 24.2 Å². The Bertz CT molecular complexity index is 466. The summed E-state index contributed by atoms with van der Waals surface area (Å²) >= 11 is 0. The lowest BCUT2D eigenvalue weighted by atomic mass is 10.1. The Kier molecular flexibility index (Phi) is 5.38. The predicted octanol–water partition coefficient (Wildman–Crippen LogP) is 0.0276. The molecule has 1 atom stereocenters. The molecule has 0 aliphatic carbocycles. The van der Waals surface area contributed by atoms with Gasteiger partial charge >= 0.3 is 0 Å². The van der Waals surface area contributed by atoms with Gasteiger partial charge in [0.15, 0.2) is 0 Å². The van der Waals surface area contributed by atoms with Crippen molar-refractivity contribution in [2.45, 2.75) is 18.9 Å². The fourth-order valence-corrected chi connectivity index (χ4v) is 2.16. The van der Waals surface area contributed by atoms with Crippen LogP contribution in [-0.4, -0.2) is 35.5 Å². The summed E-state index contributed by atoms with van der Waals surface area (Å²) in [6, 6.07) is 1.67. The largest absolute Gasteiger partial charge is 0.366 e. The van der Waals surface area contributed by atoms with Gasteiger partial charge < -0.3 is 20.9 Å².